The molecule has 0 aliphatic rings. The standard InChI is InChI=1S/C16H15ClN2OS/c1-2-11-6-8-14(9-7-11)18-16(21)19-15(20)12-4-3-5-13(17)10-12/h3-10H,2H2,1H3,(H2,18,19,20,21). The molecule has 5 heteroatoms. The quantitative estimate of drug-likeness (QED) is 0.840. The second-order valence-corrected chi connectivity index (χ2v) is 5.31. The van der Waals surface area contributed by atoms with Gasteiger partial charge in [-0.25, -0.2) is 0 Å². The van der Waals surface area contributed by atoms with Crippen LogP contribution in [-0.4, -0.2) is 11.0 Å². The van der Waals surface area contributed by atoms with E-state index < -0.39 is 0 Å². The van der Waals surface area contributed by atoms with E-state index in [4.69, 9.17) is 23.8 Å². The molecule has 0 fully saturated rings. The maximum atomic E-state index is 12.0. The highest BCUT2D eigenvalue weighted by Crippen LogP contribution is 2.11. The maximum absolute atomic E-state index is 12.0. The Labute approximate surface area is 134 Å². The lowest BCUT2D eigenvalue weighted by Gasteiger charge is -2.10. The van der Waals surface area contributed by atoms with Gasteiger partial charge in [-0.15, -0.1) is 0 Å². The maximum Gasteiger partial charge on any atom is 0.257 e. The zero-order valence-corrected chi connectivity index (χ0v) is 13.1. The van der Waals surface area contributed by atoms with Crippen molar-refractivity contribution in [3.8, 4) is 0 Å². The zero-order valence-electron chi connectivity index (χ0n) is 11.5. The fourth-order valence-electron chi connectivity index (χ4n) is 1.79. The summed E-state index contributed by atoms with van der Waals surface area (Å²) >= 11 is 11.0. The van der Waals surface area contributed by atoms with E-state index in [-0.39, 0.29) is 11.0 Å². The van der Waals surface area contributed by atoms with Gasteiger partial charge in [0.1, 0.15) is 0 Å². The van der Waals surface area contributed by atoms with Gasteiger partial charge in [-0.05, 0) is 54.5 Å². The van der Waals surface area contributed by atoms with E-state index in [1.165, 1.54) is 5.56 Å². The van der Waals surface area contributed by atoms with Crippen molar-refractivity contribution in [3.05, 3.63) is 64.7 Å². The molecule has 0 radical (unpaired) electrons. The fourth-order valence-corrected chi connectivity index (χ4v) is 2.19. The summed E-state index contributed by atoms with van der Waals surface area (Å²) in [5, 5.41) is 6.36. The lowest BCUT2D eigenvalue weighted by atomic mass is 10.1. The lowest BCUT2D eigenvalue weighted by Crippen LogP contribution is -2.34. The SMILES string of the molecule is CCc1ccc(NC(=S)NC(=O)c2cccc(Cl)c2)cc1. The topological polar surface area (TPSA) is 41.1 Å². The molecule has 21 heavy (non-hydrogen) atoms. The van der Waals surface area contributed by atoms with Crippen molar-refractivity contribution >= 4 is 40.5 Å². The predicted octanol–water partition coefficient (Wildman–Crippen LogP) is 4.03. The lowest BCUT2D eigenvalue weighted by molar-refractivity contribution is 0.0977. The van der Waals surface area contributed by atoms with Crippen molar-refractivity contribution in [1.29, 1.82) is 0 Å². The molecule has 0 saturated heterocycles. The second kappa shape index (κ2) is 7.20. The molecule has 0 heterocycles. The van der Waals surface area contributed by atoms with E-state index in [0.29, 0.717) is 10.6 Å². The Morgan fingerprint density at radius 2 is 1.90 bits per heavy atom. The molecule has 0 unspecified atom stereocenters. The van der Waals surface area contributed by atoms with Crippen molar-refractivity contribution in [3.63, 3.8) is 0 Å². The van der Waals surface area contributed by atoms with Crippen LogP contribution < -0.4 is 10.6 Å². The van der Waals surface area contributed by atoms with Crippen molar-refractivity contribution in [2.75, 3.05) is 5.32 Å². The molecular weight excluding hydrogens is 304 g/mol. The Balaban J connectivity index is 1.96. The molecule has 108 valence electrons. The molecule has 0 bridgehead atoms. The van der Waals surface area contributed by atoms with Crippen molar-refractivity contribution < 1.29 is 4.79 Å². The van der Waals surface area contributed by atoms with E-state index in [0.717, 1.165) is 12.1 Å². The third-order valence-corrected chi connectivity index (χ3v) is 3.37. The largest absolute Gasteiger partial charge is 0.332 e. The highest BCUT2D eigenvalue weighted by molar-refractivity contribution is 7.80. The monoisotopic (exact) mass is 318 g/mol. The Hall–Kier alpha value is -1.91. The van der Waals surface area contributed by atoms with Crippen LogP contribution in [0.25, 0.3) is 0 Å². The van der Waals surface area contributed by atoms with Crippen LogP contribution in [0.2, 0.25) is 5.02 Å². The van der Waals surface area contributed by atoms with Crippen LogP contribution in [0.15, 0.2) is 48.5 Å². The Morgan fingerprint density at radius 3 is 2.52 bits per heavy atom. The van der Waals surface area contributed by atoms with Gasteiger partial charge in [-0.1, -0.05) is 36.7 Å². The number of benzene rings is 2. The minimum absolute atomic E-state index is 0.254. The second-order valence-electron chi connectivity index (χ2n) is 4.47. The summed E-state index contributed by atoms with van der Waals surface area (Å²) < 4.78 is 0. The van der Waals surface area contributed by atoms with Gasteiger partial charge in [0, 0.05) is 16.3 Å². The summed E-state index contributed by atoms with van der Waals surface area (Å²) in [6, 6.07) is 14.6. The number of halogens is 1. The van der Waals surface area contributed by atoms with Crippen LogP contribution in [0.4, 0.5) is 5.69 Å². The van der Waals surface area contributed by atoms with Gasteiger partial charge in [0.15, 0.2) is 5.11 Å². The van der Waals surface area contributed by atoms with Gasteiger partial charge in [0.05, 0.1) is 0 Å². The first-order valence-corrected chi connectivity index (χ1v) is 7.34. The van der Waals surface area contributed by atoms with Gasteiger partial charge in [0.2, 0.25) is 0 Å². The number of anilines is 1. The summed E-state index contributed by atoms with van der Waals surface area (Å²) in [7, 11) is 0. The van der Waals surface area contributed by atoms with Crippen LogP contribution in [0, 0.1) is 0 Å². The minimum atomic E-state index is -0.292. The first-order valence-electron chi connectivity index (χ1n) is 6.55. The molecule has 0 atom stereocenters. The van der Waals surface area contributed by atoms with E-state index in [2.05, 4.69) is 17.6 Å². The average molecular weight is 319 g/mol. The molecule has 1 amide bonds. The minimum Gasteiger partial charge on any atom is -0.332 e. The highest BCUT2D eigenvalue weighted by atomic mass is 35.5. The van der Waals surface area contributed by atoms with Crippen LogP contribution in [0.5, 0.6) is 0 Å². The number of carbonyl (C=O) groups is 1. The Bertz CT molecular complexity index is 656. The van der Waals surface area contributed by atoms with Crippen LogP contribution in [-0.2, 0) is 6.42 Å². The smallest absolute Gasteiger partial charge is 0.257 e. The van der Waals surface area contributed by atoms with Gasteiger partial charge in [0.25, 0.3) is 5.91 Å². The first-order chi connectivity index (χ1) is 10.1. The van der Waals surface area contributed by atoms with E-state index in [9.17, 15) is 4.79 Å². The zero-order chi connectivity index (χ0) is 15.2. The molecule has 2 N–H and O–H groups in total. The molecule has 2 rings (SSSR count). The molecule has 0 aromatic heterocycles. The molecule has 3 nitrogen and oxygen atoms in total. The van der Waals surface area contributed by atoms with Crippen LogP contribution in [0.3, 0.4) is 0 Å². The number of carbonyl (C=O) groups excluding carboxylic acids is 1. The number of rotatable bonds is 3. The number of nitrogens with one attached hydrogen (secondary N) is 2. The molecule has 2 aromatic carbocycles. The Kier molecular flexibility index (Phi) is 5.31. The van der Waals surface area contributed by atoms with Gasteiger partial charge in [-0.2, -0.15) is 0 Å². The third-order valence-electron chi connectivity index (χ3n) is 2.93. The number of hydrogen-bond donors (Lipinski definition) is 2. The van der Waals surface area contributed by atoms with Crippen molar-refractivity contribution in [2.24, 2.45) is 0 Å². The normalized spacial score (nSPS) is 10.0. The van der Waals surface area contributed by atoms with E-state index in [1.807, 2.05) is 24.3 Å². The summed E-state index contributed by atoms with van der Waals surface area (Å²) in [5.41, 5.74) is 2.55. The fraction of sp³-hybridized carbons (Fsp3) is 0.125. The van der Waals surface area contributed by atoms with Crippen molar-refractivity contribution in [1.82, 2.24) is 5.32 Å². The average Bonchev–Trinajstić information content (AvgIpc) is 2.48. The van der Waals surface area contributed by atoms with Crippen molar-refractivity contribution in [2.45, 2.75) is 13.3 Å². The number of thiocarbonyl (C=S) groups is 1. The number of aryl methyl sites for hydroxylation is 1. The van der Waals surface area contributed by atoms with E-state index >= 15 is 0 Å². The summed E-state index contributed by atoms with van der Waals surface area (Å²) in [6.45, 7) is 2.10. The summed E-state index contributed by atoms with van der Waals surface area (Å²) in [4.78, 5) is 12.0. The molecule has 2 aromatic rings. The van der Waals surface area contributed by atoms with E-state index in [1.54, 1.807) is 24.3 Å². The molecule has 0 aliphatic carbocycles. The molecule has 0 saturated carbocycles. The van der Waals surface area contributed by atoms with Gasteiger partial charge in [-0.3, -0.25) is 10.1 Å². The highest BCUT2D eigenvalue weighted by Gasteiger charge is 2.08. The molecule has 0 spiro atoms. The van der Waals surface area contributed by atoms with Gasteiger partial charge < -0.3 is 5.32 Å². The third kappa shape index (κ3) is 4.55. The summed E-state index contributed by atoms with van der Waals surface area (Å²) in [5.74, 6) is -0.292. The first kappa shape index (κ1) is 15.5. The van der Waals surface area contributed by atoms with Crippen LogP contribution in [0.1, 0.15) is 22.8 Å². The number of amides is 1. The summed E-state index contributed by atoms with van der Waals surface area (Å²) in [6.07, 6.45) is 0.982. The predicted molar refractivity (Wildman–Crippen MR) is 91.0 cm³/mol. The Morgan fingerprint density at radius 1 is 1.19 bits per heavy atom. The molecular formula is C16H15ClN2OS. The number of hydrogen-bond acceptors (Lipinski definition) is 2. The van der Waals surface area contributed by atoms with Gasteiger partial charge >= 0.3 is 0 Å². The van der Waals surface area contributed by atoms with Crippen LogP contribution >= 0.6 is 23.8 Å². The molecule has 0 aliphatic heterocycles.